The van der Waals surface area contributed by atoms with E-state index in [2.05, 4.69) is 17.1 Å². The van der Waals surface area contributed by atoms with Gasteiger partial charge in [-0.1, -0.05) is 18.7 Å². The summed E-state index contributed by atoms with van der Waals surface area (Å²) in [5.74, 6) is 0.0681. The van der Waals surface area contributed by atoms with Crippen molar-refractivity contribution in [3.05, 3.63) is 23.7 Å². The minimum absolute atomic E-state index is 0.230. The highest BCUT2D eigenvalue weighted by molar-refractivity contribution is 7.98. The monoisotopic (exact) mass is 332 g/mol. The number of furan rings is 1. The van der Waals surface area contributed by atoms with Gasteiger partial charge in [0, 0.05) is 0 Å². The number of likely N-dealkylation sites (tertiary alicyclic amines) is 1. The van der Waals surface area contributed by atoms with Gasteiger partial charge in [-0.3, -0.25) is 0 Å². The summed E-state index contributed by atoms with van der Waals surface area (Å²) in [6.45, 7) is 7.53. The van der Waals surface area contributed by atoms with Gasteiger partial charge in [0.15, 0.2) is 0 Å². The highest BCUT2D eigenvalue weighted by Crippen LogP contribution is 2.21. The molecule has 0 saturated carbocycles. The van der Waals surface area contributed by atoms with E-state index in [0.717, 1.165) is 18.2 Å². The molecule has 3 nitrogen and oxygen atoms in total. The van der Waals surface area contributed by atoms with Crippen LogP contribution in [0.1, 0.15) is 37.7 Å². The number of alkyl halides is 2. The smallest absolute Gasteiger partial charge is 0.284 e. The Kier molecular flexibility index (Phi) is 7.69. The molecule has 0 unspecified atom stereocenters. The first-order valence-electron chi connectivity index (χ1n) is 8.07. The van der Waals surface area contributed by atoms with E-state index >= 15 is 0 Å². The van der Waals surface area contributed by atoms with Crippen LogP contribution in [0, 0.1) is 5.92 Å². The Morgan fingerprint density at radius 1 is 1.32 bits per heavy atom. The number of thioether (sulfide) groups is 1. The Balaban J connectivity index is 1.61. The molecule has 0 aromatic carbocycles. The molecule has 2 rings (SSSR count). The van der Waals surface area contributed by atoms with E-state index in [1.807, 2.05) is 6.07 Å². The highest BCUT2D eigenvalue weighted by atomic mass is 32.2. The molecule has 0 atom stereocenters. The van der Waals surface area contributed by atoms with Gasteiger partial charge < -0.3 is 14.6 Å². The van der Waals surface area contributed by atoms with Gasteiger partial charge in [0.2, 0.25) is 0 Å². The molecule has 22 heavy (non-hydrogen) atoms. The fraction of sp³-hybridized carbons (Fsp3) is 0.750. The molecule has 1 saturated heterocycles. The van der Waals surface area contributed by atoms with Crippen LogP contribution in [0.3, 0.4) is 0 Å². The first-order valence-corrected chi connectivity index (χ1v) is 9.12. The van der Waals surface area contributed by atoms with Crippen LogP contribution >= 0.6 is 11.8 Å². The van der Waals surface area contributed by atoms with Crippen LogP contribution in [0.5, 0.6) is 0 Å². The van der Waals surface area contributed by atoms with Gasteiger partial charge in [-0.2, -0.15) is 8.78 Å². The maximum Gasteiger partial charge on any atom is 0.284 e. The van der Waals surface area contributed by atoms with Crippen LogP contribution in [0.2, 0.25) is 0 Å². The zero-order chi connectivity index (χ0) is 15.8. The molecule has 0 amide bonds. The number of nitrogens with one attached hydrogen (secondary N) is 1. The third kappa shape index (κ3) is 6.26. The molecule has 126 valence electrons. The number of rotatable bonds is 9. The lowest BCUT2D eigenvalue weighted by Crippen LogP contribution is -2.37. The molecule has 0 spiro atoms. The van der Waals surface area contributed by atoms with Crippen molar-refractivity contribution in [2.24, 2.45) is 5.92 Å². The quantitative estimate of drug-likeness (QED) is 0.741. The van der Waals surface area contributed by atoms with Crippen molar-refractivity contribution >= 4 is 11.8 Å². The van der Waals surface area contributed by atoms with Crippen molar-refractivity contribution in [3.8, 4) is 0 Å². The first-order chi connectivity index (χ1) is 10.7. The normalized spacial score (nSPS) is 17.5. The van der Waals surface area contributed by atoms with Gasteiger partial charge in [-0.05, 0) is 63.5 Å². The molecule has 1 aromatic heterocycles. The molecule has 1 N–H and O–H groups in total. The predicted octanol–water partition coefficient (Wildman–Crippen LogP) is 3.95. The SMILES string of the molecule is CCCN1CCC(CNCc2ccc(CSC(F)F)o2)CC1. The molecule has 1 aliphatic rings. The molecule has 1 aromatic rings. The maximum atomic E-state index is 12.1. The molecule has 0 aliphatic carbocycles. The molecule has 6 heteroatoms. The summed E-state index contributed by atoms with van der Waals surface area (Å²) in [6, 6.07) is 3.66. The molecular formula is C16H26F2N2OS. The summed E-state index contributed by atoms with van der Waals surface area (Å²) < 4.78 is 29.8. The molecule has 1 aliphatic heterocycles. The van der Waals surface area contributed by atoms with E-state index in [0.29, 0.717) is 24.1 Å². The second-order valence-corrected chi connectivity index (χ2v) is 6.83. The summed E-state index contributed by atoms with van der Waals surface area (Å²) in [5, 5.41) is 3.43. The summed E-state index contributed by atoms with van der Waals surface area (Å²) in [7, 11) is 0. The van der Waals surface area contributed by atoms with E-state index in [1.165, 1.54) is 38.9 Å². The van der Waals surface area contributed by atoms with Crippen LogP contribution in [0.15, 0.2) is 16.5 Å². The fourth-order valence-corrected chi connectivity index (χ4v) is 3.32. The van der Waals surface area contributed by atoms with Crippen molar-refractivity contribution in [2.75, 3.05) is 26.2 Å². The van der Waals surface area contributed by atoms with Crippen LogP contribution in [-0.2, 0) is 12.3 Å². The standard InChI is InChI=1S/C16H26F2N2OS/c1-2-7-20-8-5-13(6-9-20)10-19-11-14-3-4-15(21-14)12-22-16(17)18/h3-4,13,16,19H,2,5-12H2,1H3. The third-order valence-electron chi connectivity index (χ3n) is 4.05. The van der Waals surface area contributed by atoms with Gasteiger partial charge in [-0.15, -0.1) is 0 Å². The molecular weight excluding hydrogens is 306 g/mol. The van der Waals surface area contributed by atoms with Gasteiger partial charge in [-0.25, -0.2) is 0 Å². The lowest BCUT2D eigenvalue weighted by molar-refractivity contribution is 0.182. The molecule has 1 fully saturated rings. The van der Waals surface area contributed by atoms with Crippen molar-refractivity contribution in [1.29, 1.82) is 0 Å². The van der Waals surface area contributed by atoms with Crippen LogP contribution < -0.4 is 5.32 Å². The van der Waals surface area contributed by atoms with E-state index in [9.17, 15) is 8.78 Å². The van der Waals surface area contributed by atoms with Gasteiger partial charge >= 0.3 is 0 Å². The average molecular weight is 332 g/mol. The predicted molar refractivity (Wildman–Crippen MR) is 87.2 cm³/mol. The number of hydrogen-bond donors (Lipinski definition) is 1. The van der Waals surface area contributed by atoms with E-state index in [4.69, 9.17) is 4.42 Å². The maximum absolute atomic E-state index is 12.1. The van der Waals surface area contributed by atoms with Crippen LogP contribution in [0.25, 0.3) is 0 Å². The van der Waals surface area contributed by atoms with Crippen LogP contribution in [-0.4, -0.2) is 36.8 Å². The largest absolute Gasteiger partial charge is 0.464 e. The Morgan fingerprint density at radius 2 is 2.05 bits per heavy atom. The van der Waals surface area contributed by atoms with E-state index in [-0.39, 0.29) is 5.75 Å². The summed E-state index contributed by atoms with van der Waals surface area (Å²) in [6.07, 6.45) is 3.73. The van der Waals surface area contributed by atoms with Gasteiger partial charge in [0.1, 0.15) is 11.5 Å². The van der Waals surface area contributed by atoms with E-state index in [1.54, 1.807) is 6.07 Å². The van der Waals surface area contributed by atoms with Crippen molar-refractivity contribution < 1.29 is 13.2 Å². The molecule has 0 bridgehead atoms. The number of halogens is 2. The zero-order valence-corrected chi connectivity index (χ0v) is 14.0. The topological polar surface area (TPSA) is 28.4 Å². The minimum atomic E-state index is -2.34. The summed E-state index contributed by atoms with van der Waals surface area (Å²) >= 11 is 0.596. The second-order valence-electron chi connectivity index (χ2n) is 5.86. The average Bonchev–Trinajstić information content (AvgIpc) is 2.95. The first kappa shape index (κ1) is 17.8. The van der Waals surface area contributed by atoms with Gasteiger partial charge in [0.25, 0.3) is 5.76 Å². The van der Waals surface area contributed by atoms with Gasteiger partial charge in [0.05, 0.1) is 12.3 Å². The highest BCUT2D eigenvalue weighted by Gasteiger charge is 2.18. The van der Waals surface area contributed by atoms with Crippen molar-refractivity contribution in [1.82, 2.24) is 10.2 Å². The molecule has 0 radical (unpaired) electrons. The molecule has 2 heterocycles. The summed E-state index contributed by atoms with van der Waals surface area (Å²) in [4.78, 5) is 2.54. The van der Waals surface area contributed by atoms with Crippen molar-refractivity contribution in [2.45, 2.75) is 44.2 Å². The van der Waals surface area contributed by atoms with Crippen LogP contribution in [0.4, 0.5) is 8.78 Å². The zero-order valence-electron chi connectivity index (χ0n) is 13.2. The Morgan fingerprint density at radius 3 is 2.73 bits per heavy atom. The summed E-state index contributed by atoms with van der Waals surface area (Å²) in [5.41, 5.74) is 0. The fourth-order valence-electron chi connectivity index (χ4n) is 2.87. The lowest BCUT2D eigenvalue weighted by atomic mass is 9.96. The Hall–Kier alpha value is -0.590. The Labute approximate surface area is 135 Å². The number of piperidine rings is 1. The number of nitrogens with zero attached hydrogens (tertiary/aromatic N) is 1. The lowest BCUT2D eigenvalue weighted by Gasteiger charge is -2.31. The number of hydrogen-bond acceptors (Lipinski definition) is 4. The second kappa shape index (κ2) is 9.53. The van der Waals surface area contributed by atoms with Crippen molar-refractivity contribution in [3.63, 3.8) is 0 Å². The third-order valence-corrected chi connectivity index (χ3v) is 4.75. The Bertz CT molecular complexity index is 420. The minimum Gasteiger partial charge on any atom is -0.464 e. The van der Waals surface area contributed by atoms with E-state index < -0.39 is 5.76 Å².